The summed E-state index contributed by atoms with van der Waals surface area (Å²) in [5.74, 6) is 4.79. The second-order valence-corrected chi connectivity index (χ2v) is 5.95. The molecule has 0 aromatic rings. The number of thioether (sulfide) groups is 1. The molecule has 0 amide bonds. The van der Waals surface area contributed by atoms with Crippen LogP contribution in [-0.2, 0) is 4.74 Å². The van der Waals surface area contributed by atoms with Gasteiger partial charge < -0.3 is 10.1 Å². The predicted molar refractivity (Wildman–Crippen MR) is 70.8 cm³/mol. The van der Waals surface area contributed by atoms with E-state index >= 15 is 0 Å². The summed E-state index contributed by atoms with van der Waals surface area (Å²) >= 11 is 2.10. The third kappa shape index (κ3) is 3.42. The molecule has 1 unspecified atom stereocenters. The molecule has 2 nitrogen and oxygen atoms in total. The summed E-state index contributed by atoms with van der Waals surface area (Å²) in [6.07, 6.45) is 8.67. The molecule has 92 valence electrons. The fourth-order valence-corrected chi connectivity index (χ4v) is 3.72. The number of nitrogens with one attached hydrogen (secondary N) is 1. The molecule has 0 spiro atoms. The molecule has 2 aliphatic heterocycles. The lowest BCUT2D eigenvalue weighted by Gasteiger charge is -2.29. The van der Waals surface area contributed by atoms with Crippen molar-refractivity contribution in [3.63, 3.8) is 0 Å². The van der Waals surface area contributed by atoms with Gasteiger partial charge in [0.2, 0.25) is 0 Å². The molecule has 0 saturated carbocycles. The molecule has 2 aliphatic rings. The largest absolute Gasteiger partial charge is 0.497 e. The van der Waals surface area contributed by atoms with Crippen LogP contribution >= 0.6 is 11.8 Å². The molecule has 1 saturated heterocycles. The standard InChI is InChI=1S/C13H23NOS/c1-14-12(13-4-2-3-7-15-13)10-11-5-8-16-9-6-11/h4,11-12,14H,2-3,5-10H2,1H3. The topological polar surface area (TPSA) is 21.3 Å². The first kappa shape index (κ1) is 12.3. The summed E-state index contributed by atoms with van der Waals surface area (Å²) in [6.45, 7) is 0.907. The fraction of sp³-hybridized carbons (Fsp3) is 0.846. The van der Waals surface area contributed by atoms with Crippen LogP contribution in [-0.4, -0.2) is 31.2 Å². The normalized spacial score (nSPS) is 24.7. The van der Waals surface area contributed by atoms with Gasteiger partial charge in [0.05, 0.1) is 12.6 Å². The Kier molecular flexibility index (Phi) is 5.04. The summed E-state index contributed by atoms with van der Waals surface area (Å²) < 4.78 is 5.77. The second kappa shape index (κ2) is 6.55. The molecule has 2 rings (SSSR count). The number of allylic oxidation sites excluding steroid dienone is 1. The monoisotopic (exact) mass is 241 g/mol. The molecule has 0 aromatic carbocycles. The molecule has 16 heavy (non-hydrogen) atoms. The first-order valence-electron chi connectivity index (χ1n) is 6.48. The lowest BCUT2D eigenvalue weighted by atomic mass is 9.93. The van der Waals surface area contributed by atoms with E-state index < -0.39 is 0 Å². The molecule has 1 N–H and O–H groups in total. The van der Waals surface area contributed by atoms with Gasteiger partial charge in [-0.25, -0.2) is 0 Å². The van der Waals surface area contributed by atoms with Crippen LogP contribution in [0.2, 0.25) is 0 Å². The quantitative estimate of drug-likeness (QED) is 0.818. The highest BCUT2D eigenvalue weighted by molar-refractivity contribution is 7.99. The van der Waals surface area contributed by atoms with Gasteiger partial charge in [0.15, 0.2) is 0 Å². The van der Waals surface area contributed by atoms with Gasteiger partial charge in [0.25, 0.3) is 0 Å². The van der Waals surface area contributed by atoms with Crippen molar-refractivity contribution in [1.82, 2.24) is 5.32 Å². The Morgan fingerprint density at radius 1 is 1.50 bits per heavy atom. The first-order chi connectivity index (χ1) is 7.90. The Balaban J connectivity index is 1.86. The maximum Gasteiger partial charge on any atom is 0.109 e. The van der Waals surface area contributed by atoms with Gasteiger partial charge in [0, 0.05) is 0 Å². The minimum Gasteiger partial charge on any atom is -0.497 e. The SMILES string of the molecule is CNC(CC1CCSCC1)C1=CCCCO1. The molecule has 0 radical (unpaired) electrons. The van der Waals surface area contributed by atoms with Crippen molar-refractivity contribution < 1.29 is 4.74 Å². The highest BCUT2D eigenvalue weighted by atomic mass is 32.2. The lowest BCUT2D eigenvalue weighted by molar-refractivity contribution is 0.161. The van der Waals surface area contributed by atoms with Gasteiger partial charge in [-0.2, -0.15) is 11.8 Å². The fourth-order valence-electron chi connectivity index (χ4n) is 2.51. The zero-order valence-electron chi connectivity index (χ0n) is 10.2. The van der Waals surface area contributed by atoms with E-state index in [1.54, 1.807) is 0 Å². The zero-order valence-corrected chi connectivity index (χ0v) is 11.0. The zero-order chi connectivity index (χ0) is 11.2. The molecule has 0 aliphatic carbocycles. The van der Waals surface area contributed by atoms with Crippen molar-refractivity contribution in [2.45, 2.75) is 38.1 Å². The Hall–Kier alpha value is -0.150. The van der Waals surface area contributed by atoms with Crippen LogP contribution in [0.3, 0.4) is 0 Å². The number of rotatable bonds is 4. The van der Waals surface area contributed by atoms with E-state index in [1.165, 1.54) is 49.4 Å². The number of likely N-dealkylation sites (N-methyl/N-ethyl adjacent to an activating group) is 1. The average Bonchev–Trinajstić information content (AvgIpc) is 2.38. The average molecular weight is 241 g/mol. The highest BCUT2D eigenvalue weighted by Gasteiger charge is 2.22. The molecular formula is C13H23NOS. The van der Waals surface area contributed by atoms with E-state index in [0.717, 1.165) is 12.5 Å². The summed E-state index contributed by atoms with van der Waals surface area (Å²) in [5, 5.41) is 3.42. The van der Waals surface area contributed by atoms with Crippen LogP contribution in [0.1, 0.15) is 32.1 Å². The van der Waals surface area contributed by atoms with Gasteiger partial charge in [-0.05, 0) is 62.7 Å². The lowest BCUT2D eigenvalue weighted by Crippen LogP contribution is -2.33. The van der Waals surface area contributed by atoms with Crippen molar-refractivity contribution >= 4 is 11.8 Å². The summed E-state index contributed by atoms with van der Waals surface area (Å²) in [4.78, 5) is 0. The number of hydrogen-bond donors (Lipinski definition) is 1. The van der Waals surface area contributed by atoms with Crippen LogP contribution in [0, 0.1) is 5.92 Å². The smallest absolute Gasteiger partial charge is 0.109 e. The van der Waals surface area contributed by atoms with Crippen LogP contribution in [0.15, 0.2) is 11.8 Å². The predicted octanol–water partition coefficient (Wildman–Crippen LogP) is 2.80. The summed E-state index contributed by atoms with van der Waals surface area (Å²) in [5.41, 5.74) is 0. The van der Waals surface area contributed by atoms with E-state index in [1.807, 2.05) is 0 Å². The molecule has 2 heterocycles. The van der Waals surface area contributed by atoms with Crippen molar-refractivity contribution in [3.05, 3.63) is 11.8 Å². The Morgan fingerprint density at radius 2 is 2.31 bits per heavy atom. The molecule has 1 fully saturated rings. The minimum atomic E-state index is 0.452. The van der Waals surface area contributed by atoms with E-state index in [2.05, 4.69) is 30.2 Å². The van der Waals surface area contributed by atoms with Gasteiger partial charge >= 0.3 is 0 Å². The third-order valence-corrected chi connectivity index (χ3v) is 4.61. The van der Waals surface area contributed by atoms with Crippen LogP contribution in [0.25, 0.3) is 0 Å². The van der Waals surface area contributed by atoms with E-state index in [4.69, 9.17) is 4.74 Å². The van der Waals surface area contributed by atoms with Gasteiger partial charge in [-0.15, -0.1) is 0 Å². The molecule has 3 heteroatoms. The Morgan fingerprint density at radius 3 is 2.94 bits per heavy atom. The molecule has 1 atom stereocenters. The Bertz CT molecular complexity index is 236. The van der Waals surface area contributed by atoms with Crippen molar-refractivity contribution in [2.75, 3.05) is 25.2 Å². The van der Waals surface area contributed by atoms with Gasteiger partial charge in [0.1, 0.15) is 5.76 Å². The van der Waals surface area contributed by atoms with Crippen LogP contribution in [0.5, 0.6) is 0 Å². The summed E-state index contributed by atoms with van der Waals surface area (Å²) in [6, 6.07) is 0.452. The number of hydrogen-bond acceptors (Lipinski definition) is 3. The first-order valence-corrected chi connectivity index (χ1v) is 7.63. The van der Waals surface area contributed by atoms with Crippen LogP contribution in [0.4, 0.5) is 0 Å². The maximum atomic E-state index is 5.77. The molecule has 0 bridgehead atoms. The van der Waals surface area contributed by atoms with Crippen molar-refractivity contribution in [2.24, 2.45) is 5.92 Å². The van der Waals surface area contributed by atoms with Gasteiger partial charge in [-0.3, -0.25) is 0 Å². The molecule has 0 aromatic heterocycles. The number of ether oxygens (including phenoxy) is 1. The Labute approximate surface area is 103 Å². The van der Waals surface area contributed by atoms with Crippen molar-refractivity contribution in [3.8, 4) is 0 Å². The van der Waals surface area contributed by atoms with E-state index in [9.17, 15) is 0 Å². The van der Waals surface area contributed by atoms with Crippen LogP contribution < -0.4 is 5.32 Å². The van der Waals surface area contributed by atoms with Crippen molar-refractivity contribution in [1.29, 1.82) is 0 Å². The van der Waals surface area contributed by atoms with E-state index in [0.29, 0.717) is 6.04 Å². The van der Waals surface area contributed by atoms with Gasteiger partial charge in [-0.1, -0.05) is 0 Å². The third-order valence-electron chi connectivity index (χ3n) is 3.56. The summed E-state index contributed by atoms with van der Waals surface area (Å²) in [7, 11) is 2.06. The maximum absolute atomic E-state index is 5.77. The molecular weight excluding hydrogens is 218 g/mol. The van der Waals surface area contributed by atoms with E-state index in [-0.39, 0.29) is 0 Å². The second-order valence-electron chi connectivity index (χ2n) is 4.73. The highest BCUT2D eigenvalue weighted by Crippen LogP contribution is 2.28. The minimum absolute atomic E-state index is 0.452.